The summed E-state index contributed by atoms with van der Waals surface area (Å²) in [5.74, 6) is 1.07. The lowest BCUT2D eigenvalue weighted by Gasteiger charge is -2.26. The predicted molar refractivity (Wildman–Crippen MR) is 95.4 cm³/mol. The summed E-state index contributed by atoms with van der Waals surface area (Å²) >= 11 is 6.11. The second-order valence-corrected chi connectivity index (χ2v) is 7.86. The van der Waals surface area contributed by atoms with Crippen LogP contribution in [-0.2, 0) is 21.3 Å². The molecule has 1 aliphatic rings. The Labute approximate surface area is 152 Å². The zero-order valence-electron chi connectivity index (χ0n) is 13.5. The fourth-order valence-corrected chi connectivity index (χ4v) is 4.23. The summed E-state index contributed by atoms with van der Waals surface area (Å²) in [6, 6.07) is 11.6. The molecule has 134 valence electrons. The van der Waals surface area contributed by atoms with Crippen LogP contribution in [-0.4, -0.2) is 39.0 Å². The Balaban J connectivity index is 1.80. The number of hydrogen-bond acceptors (Lipinski definition) is 5. The van der Waals surface area contributed by atoms with E-state index in [2.05, 4.69) is 0 Å². The first kappa shape index (κ1) is 18.2. The molecule has 1 fully saturated rings. The monoisotopic (exact) mass is 382 g/mol. The van der Waals surface area contributed by atoms with E-state index in [-0.39, 0.29) is 11.4 Å². The summed E-state index contributed by atoms with van der Waals surface area (Å²) in [5.41, 5.74) is 6.41. The molecule has 25 heavy (non-hydrogen) atoms. The van der Waals surface area contributed by atoms with Crippen LogP contribution in [0.2, 0.25) is 5.02 Å². The number of nitrogens with two attached hydrogens (primary N) is 1. The van der Waals surface area contributed by atoms with Gasteiger partial charge >= 0.3 is 0 Å². The smallest absolute Gasteiger partial charge is 0.243 e. The van der Waals surface area contributed by atoms with E-state index in [0.29, 0.717) is 48.4 Å². The Morgan fingerprint density at radius 2 is 1.80 bits per heavy atom. The molecule has 1 aliphatic heterocycles. The standard InChI is InChI=1S/C17H19ClN2O4S/c18-16-2-1-3-17(15(16)12-19)24-13-4-6-14(7-5-13)25(21,22)20-8-10-23-11-9-20/h1-7H,8-12,19H2. The number of rotatable bonds is 5. The van der Waals surface area contributed by atoms with Gasteiger partial charge < -0.3 is 15.2 Å². The minimum absolute atomic E-state index is 0.229. The molecule has 0 radical (unpaired) electrons. The van der Waals surface area contributed by atoms with Crippen LogP contribution in [0.4, 0.5) is 0 Å². The zero-order chi connectivity index (χ0) is 17.9. The molecule has 8 heteroatoms. The van der Waals surface area contributed by atoms with Crippen molar-refractivity contribution >= 4 is 21.6 Å². The molecule has 2 aromatic carbocycles. The number of nitrogens with zero attached hydrogens (tertiary/aromatic N) is 1. The maximum atomic E-state index is 12.6. The molecule has 0 aliphatic carbocycles. The highest BCUT2D eigenvalue weighted by Crippen LogP contribution is 2.30. The third kappa shape index (κ3) is 3.96. The second kappa shape index (κ2) is 7.72. The lowest BCUT2D eigenvalue weighted by Crippen LogP contribution is -2.40. The first-order valence-electron chi connectivity index (χ1n) is 7.85. The Hall–Kier alpha value is -1.64. The van der Waals surface area contributed by atoms with Gasteiger partial charge in [0.05, 0.1) is 18.1 Å². The molecular weight excluding hydrogens is 364 g/mol. The minimum Gasteiger partial charge on any atom is -0.457 e. The summed E-state index contributed by atoms with van der Waals surface area (Å²) in [6.07, 6.45) is 0. The van der Waals surface area contributed by atoms with Crippen molar-refractivity contribution in [2.75, 3.05) is 26.3 Å². The van der Waals surface area contributed by atoms with Crippen molar-refractivity contribution in [1.29, 1.82) is 0 Å². The Morgan fingerprint density at radius 1 is 1.12 bits per heavy atom. The van der Waals surface area contributed by atoms with E-state index >= 15 is 0 Å². The second-order valence-electron chi connectivity index (χ2n) is 5.51. The van der Waals surface area contributed by atoms with Crippen LogP contribution in [0.3, 0.4) is 0 Å². The van der Waals surface area contributed by atoms with Crippen molar-refractivity contribution < 1.29 is 17.9 Å². The first-order valence-corrected chi connectivity index (χ1v) is 9.67. The molecule has 0 spiro atoms. The topological polar surface area (TPSA) is 81.9 Å². The molecule has 0 bridgehead atoms. The summed E-state index contributed by atoms with van der Waals surface area (Å²) in [7, 11) is -3.51. The summed E-state index contributed by atoms with van der Waals surface area (Å²) in [6.45, 7) is 1.80. The average molecular weight is 383 g/mol. The Bertz CT molecular complexity index is 834. The third-order valence-electron chi connectivity index (χ3n) is 3.94. The summed E-state index contributed by atoms with van der Waals surface area (Å²) in [4.78, 5) is 0.229. The van der Waals surface area contributed by atoms with Gasteiger partial charge in [-0.2, -0.15) is 4.31 Å². The highest BCUT2D eigenvalue weighted by Gasteiger charge is 2.26. The molecule has 3 rings (SSSR count). The predicted octanol–water partition coefficient (Wildman–Crippen LogP) is 2.61. The van der Waals surface area contributed by atoms with E-state index in [1.54, 1.807) is 30.3 Å². The SMILES string of the molecule is NCc1c(Cl)cccc1Oc1ccc(S(=O)(=O)N2CCOCC2)cc1. The van der Waals surface area contributed by atoms with Gasteiger partial charge in [0.25, 0.3) is 0 Å². The lowest BCUT2D eigenvalue weighted by molar-refractivity contribution is 0.0730. The molecule has 0 atom stereocenters. The molecule has 2 N–H and O–H groups in total. The van der Waals surface area contributed by atoms with Gasteiger partial charge in [0, 0.05) is 30.2 Å². The fourth-order valence-electron chi connectivity index (χ4n) is 2.58. The Morgan fingerprint density at radius 3 is 2.44 bits per heavy atom. The molecule has 1 heterocycles. The summed E-state index contributed by atoms with van der Waals surface area (Å²) < 4.78 is 37.6. The van der Waals surface area contributed by atoms with E-state index in [0.717, 1.165) is 0 Å². The zero-order valence-corrected chi connectivity index (χ0v) is 15.1. The summed E-state index contributed by atoms with van der Waals surface area (Å²) in [5, 5.41) is 0.534. The fraction of sp³-hybridized carbons (Fsp3) is 0.294. The molecule has 0 aromatic heterocycles. The van der Waals surface area contributed by atoms with Gasteiger partial charge in [0.15, 0.2) is 0 Å². The van der Waals surface area contributed by atoms with Gasteiger partial charge in [-0.15, -0.1) is 0 Å². The van der Waals surface area contributed by atoms with E-state index in [1.165, 1.54) is 16.4 Å². The molecule has 0 saturated carbocycles. The van der Waals surface area contributed by atoms with Gasteiger partial charge in [-0.1, -0.05) is 17.7 Å². The third-order valence-corrected chi connectivity index (χ3v) is 6.21. The molecule has 2 aromatic rings. The number of halogens is 1. The van der Waals surface area contributed by atoms with Crippen molar-refractivity contribution in [2.24, 2.45) is 5.73 Å². The van der Waals surface area contributed by atoms with Crippen LogP contribution in [0.25, 0.3) is 0 Å². The minimum atomic E-state index is -3.51. The normalized spacial score (nSPS) is 15.9. The molecule has 1 saturated heterocycles. The van der Waals surface area contributed by atoms with Crippen molar-refractivity contribution in [1.82, 2.24) is 4.31 Å². The maximum Gasteiger partial charge on any atom is 0.243 e. The number of sulfonamides is 1. The van der Waals surface area contributed by atoms with Crippen LogP contribution < -0.4 is 10.5 Å². The Kier molecular flexibility index (Phi) is 5.61. The quantitative estimate of drug-likeness (QED) is 0.859. The van der Waals surface area contributed by atoms with Crippen LogP contribution in [0.1, 0.15) is 5.56 Å². The van der Waals surface area contributed by atoms with E-state index < -0.39 is 10.0 Å². The van der Waals surface area contributed by atoms with Gasteiger partial charge in [-0.25, -0.2) is 8.42 Å². The number of morpholine rings is 1. The van der Waals surface area contributed by atoms with Gasteiger partial charge in [0.2, 0.25) is 10.0 Å². The largest absolute Gasteiger partial charge is 0.457 e. The molecule has 6 nitrogen and oxygen atoms in total. The van der Waals surface area contributed by atoms with E-state index in [4.69, 9.17) is 26.8 Å². The lowest BCUT2D eigenvalue weighted by atomic mass is 10.2. The van der Waals surface area contributed by atoms with Gasteiger partial charge in [-0.3, -0.25) is 0 Å². The molecule has 0 amide bonds. The highest BCUT2D eigenvalue weighted by molar-refractivity contribution is 7.89. The average Bonchev–Trinajstić information content (AvgIpc) is 2.63. The highest BCUT2D eigenvalue weighted by atomic mass is 35.5. The van der Waals surface area contributed by atoms with E-state index in [1.807, 2.05) is 0 Å². The number of ether oxygens (including phenoxy) is 2. The van der Waals surface area contributed by atoms with Gasteiger partial charge in [0.1, 0.15) is 11.5 Å². The van der Waals surface area contributed by atoms with Crippen LogP contribution in [0, 0.1) is 0 Å². The van der Waals surface area contributed by atoms with Gasteiger partial charge in [-0.05, 0) is 36.4 Å². The maximum absolute atomic E-state index is 12.6. The molecular formula is C17H19ClN2O4S. The first-order chi connectivity index (χ1) is 12.0. The number of hydrogen-bond donors (Lipinski definition) is 1. The number of benzene rings is 2. The van der Waals surface area contributed by atoms with Crippen LogP contribution in [0.5, 0.6) is 11.5 Å². The van der Waals surface area contributed by atoms with E-state index in [9.17, 15) is 8.42 Å². The van der Waals surface area contributed by atoms with Crippen molar-refractivity contribution in [3.63, 3.8) is 0 Å². The molecule has 0 unspecified atom stereocenters. The van der Waals surface area contributed by atoms with Crippen molar-refractivity contribution in [3.05, 3.63) is 53.1 Å². The van der Waals surface area contributed by atoms with Crippen LogP contribution in [0.15, 0.2) is 47.4 Å². The van der Waals surface area contributed by atoms with Crippen LogP contribution >= 0.6 is 11.6 Å². The van der Waals surface area contributed by atoms with Crippen molar-refractivity contribution in [2.45, 2.75) is 11.4 Å². The van der Waals surface area contributed by atoms with Crippen molar-refractivity contribution in [3.8, 4) is 11.5 Å².